The highest BCUT2D eigenvalue weighted by Crippen LogP contribution is 2.31. The molecule has 0 saturated heterocycles. The average molecular weight is 218 g/mol. The molecule has 0 fully saturated rings. The zero-order valence-electron chi connectivity index (χ0n) is 8.51. The van der Waals surface area contributed by atoms with Gasteiger partial charge in [0, 0.05) is 5.69 Å². The van der Waals surface area contributed by atoms with E-state index in [-0.39, 0.29) is 0 Å². The molecule has 1 aromatic heterocycles. The Bertz CT molecular complexity index is 354. The molecule has 0 aromatic carbocycles. The predicted octanol–water partition coefficient (Wildman–Crippen LogP) is 2.89. The van der Waals surface area contributed by atoms with Gasteiger partial charge in [0.15, 0.2) is 0 Å². The largest absolute Gasteiger partial charge is 0.408 e. The second-order valence-corrected chi connectivity index (χ2v) is 4.11. The summed E-state index contributed by atoms with van der Waals surface area (Å²) in [4.78, 5) is 0. The van der Waals surface area contributed by atoms with Crippen molar-refractivity contribution in [1.29, 1.82) is 0 Å². The minimum atomic E-state index is -4.18. The van der Waals surface area contributed by atoms with Crippen LogP contribution in [-0.2, 0) is 13.0 Å². The van der Waals surface area contributed by atoms with Crippen molar-refractivity contribution in [3.8, 4) is 0 Å². The summed E-state index contributed by atoms with van der Waals surface area (Å²) < 4.78 is 37.8. The maximum absolute atomic E-state index is 12.2. The van der Waals surface area contributed by atoms with Crippen LogP contribution in [0.3, 0.4) is 0 Å². The monoisotopic (exact) mass is 218 g/mol. The van der Waals surface area contributed by atoms with Crippen molar-refractivity contribution in [2.24, 2.45) is 0 Å². The lowest BCUT2D eigenvalue weighted by molar-refractivity contribution is -0.143. The maximum Gasteiger partial charge on any atom is 0.408 e. The molecule has 2 nitrogen and oxygen atoms in total. The zero-order chi connectivity index (χ0) is 11.1. The number of hydrogen-bond donors (Lipinski definition) is 0. The first-order valence-corrected chi connectivity index (χ1v) is 5.09. The van der Waals surface area contributed by atoms with Gasteiger partial charge in [-0.05, 0) is 30.7 Å². The van der Waals surface area contributed by atoms with E-state index < -0.39 is 12.7 Å². The van der Waals surface area contributed by atoms with Crippen molar-refractivity contribution in [3.63, 3.8) is 0 Å². The summed E-state index contributed by atoms with van der Waals surface area (Å²) in [5.41, 5.74) is 1.76. The Hall–Kier alpha value is -1.00. The summed E-state index contributed by atoms with van der Waals surface area (Å²) in [6.45, 7) is 1.08. The van der Waals surface area contributed by atoms with E-state index in [1.54, 1.807) is 6.20 Å². The molecule has 1 atom stereocenters. The summed E-state index contributed by atoms with van der Waals surface area (Å²) in [7, 11) is 0. The molecule has 84 valence electrons. The van der Waals surface area contributed by atoms with Gasteiger partial charge in [0.05, 0.1) is 6.20 Å². The maximum atomic E-state index is 12.2. The Labute approximate surface area is 86.1 Å². The van der Waals surface area contributed by atoms with E-state index in [1.165, 1.54) is 0 Å². The van der Waals surface area contributed by atoms with Gasteiger partial charge in [0.2, 0.25) is 0 Å². The fraction of sp³-hybridized carbons (Fsp3) is 0.700. The molecule has 0 radical (unpaired) electrons. The highest BCUT2D eigenvalue weighted by atomic mass is 19.4. The summed E-state index contributed by atoms with van der Waals surface area (Å²) in [6, 6.07) is 0. The summed E-state index contributed by atoms with van der Waals surface area (Å²) in [5, 5.41) is 3.83. The van der Waals surface area contributed by atoms with Gasteiger partial charge >= 0.3 is 6.18 Å². The van der Waals surface area contributed by atoms with Crippen LogP contribution in [0.25, 0.3) is 0 Å². The van der Waals surface area contributed by atoms with Crippen molar-refractivity contribution < 1.29 is 13.2 Å². The first-order valence-electron chi connectivity index (χ1n) is 5.09. The van der Waals surface area contributed by atoms with Crippen molar-refractivity contribution in [2.75, 3.05) is 0 Å². The van der Waals surface area contributed by atoms with Gasteiger partial charge in [-0.2, -0.15) is 18.3 Å². The van der Waals surface area contributed by atoms with Crippen molar-refractivity contribution in [2.45, 2.75) is 44.8 Å². The lowest BCUT2D eigenvalue weighted by atomic mass is 9.89. The van der Waals surface area contributed by atoms with Gasteiger partial charge in [-0.15, -0.1) is 0 Å². The van der Waals surface area contributed by atoms with Crippen LogP contribution in [0.5, 0.6) is 0 Å². The topological polar surface area (TPSA) is 17.8 Å². The molecule has 0 aliphatic heterocycles. The normalized spacial score (nSPS) is 21.5. The van der Waals surface area contributed by atoms with E-state index >= 15 is 0 Å². The molecule has 0 N–H and O–H groups in total. The minimum Gasteiger partial charge on any atom is -0.260 e. The molecule has 0 saturated carbocycles. The zero-order valence-corrected chi connectivity index (χ0v) is 8.51. The summed E-state index contributed by atoms with van der Waals surface area (Å²) >= 11 is 0. The molecule has 0 amide bonds. The number of hydrogen-bond acceptors (Lipinski definition) is 1. The SMILES string of the molecule is CC1CCCc2c1cnn2CC(F)(F)F. The van der Waals surface area contributed by atoms with E-state index in [1.807, 2.05) is 6.92 Å². The second kappa shape index (κ2) is 3.54. The number of rotatable bonds is 1. The Kier molecular flexibility index (Phi) is 2.48. The molecule has 2 rings (SSSR count). The van der Waals surface area contributed by atoms with Crippen LogP contribution < -0.4 is 0 Å². The Morgan fingerprint density at radius 2 is 2.27 bits per heavy atom. The van der Waals surface area contributed by atoms with E-state index in [0.717, 1.165) is 35.2 Å². The van der Waals surface area contributed by atoms with Gasteiger partial charge < -0.3 is 0 Å². The third-order valence-electron chi connectivity index (χ3n) is 2.89. The number of nitrogens with zero attached hydrogens (tertiary/aromatic N) is 2. The van der Waals surface area contributed by atoms with Gasteiger partial charge in [-0.25, -0.2) is 0 Å². The lowest BCUT2D eigenvalue weighted by Gasteiger charge is -2.19. The van der Waals surface area contributed by atoms with Crippen molar-refractivity contribution in [1.82, 2.24) is 9.78 Å². The van der Waals surface area contributed by atoms with E-state index in [0.29, 0.717) is 5.92 Å². The van der Waals surface area contributed by atoms with Crippen LogP contribution in [0, 0.1) is 0 Å². The molecule has 1 aliphatic rings. The van der Waals surface area contributed by atoms with Gasteiger partial charge in [0.1, 0.15) is 6.54 Å². The standard InChI is InChI=1S/C10H13F3N2/c1-7-3-2-4-9-8(7)5-14-15(9)6-10(11,12)13/h5,7H,2-4,6H2,1H3. The quantitative estimate of drug-likeness (QED) is 0.708. The summed E-state index contributed by atoms with van der Waals surface area (Å²) in [5.74, 6) is 0.343. The number of halogens is 3. The van der Waals surface area contributed by atoms with Crippen molar-refractivity contribution >= 4 is 0 Å². The third-order valence-corrected chi connectivity index (χ3v) is 2.89. The fourth-order valence-corrected chi connectivity index (χ4v) is 2.15. The molecule has 15 heavy (non-hydrogen) atoms. The van der Waals surface area contributed by atoms with Crippen LogP contribution in [0.4, 0.5) is 13.2 Å². The predicted molar refractivity (Wildman–Crippen MR) is 49.6 cm³/mol. The highest BCUT2D eigenvalue weighted by Gasteiger charge is 2.31. The van der Waals surface area contributed by atoms with Crippen molar-refractivity contribution in [3.05, 3.63) is 17.5 Å². The molecule has 1 heterocycles. The van der Waals surface area contributed by atoms with Crippen LogP contribution in [0.15, 0.2) is 6.20 Å². The molecule has 5 heteroatoms. The fourth-order valence-electron chi connectivity index (χ4n) is 2.15. The average Bonchev–Trinajstić information content (AvgIpc) is 2.48. The first-order chi connectivity index (χ1) is 6.97. The second-order valence-electron chi connectivity index (χ2n) is 4.11. The van der Waals surface area contributed by atoms with Crippen LogP contribution in [0.1, 0.15) is 36.9 Å². The first kappa shape index (κ1) is 10.5. The Balaban J connectivity index is 2.27. The molecule has 1 aliphatic carbocycles. The molecular formula is C10H13F3N2. The molecule has 0 spiro atoms. The number of alkyl halides is 3. The molecule has 0 bridgehead atoms. The smallest absolute Gasteiger partial charge is 0.260 e. The van der Waals surface area contributed by atoms with E-state index in [9.17, 15) is 13.2 Å². The minimum absolute atomic E-state index is 0.343. The Morgan fingerprint density at radius 1 is 1.53 bits per heavy atom. The molecular weight excluding hydrogens is 205 g/mol. The number of aromatic nitrogens is 2. The van der Waals surface area contributed by atoms with E-state index in [4.69, 9.17) is 0 Å². The van der Waals surface area contributed by atoms with Crippen LogP contribution in [-0.4, -0.2) is 16.0 Å². The molecule has 1 aromatic rings. The van der Waals surface area contributed by atoms with Crippen LogP contribution >= 0.6 is 0 Å². The number of fused-ring (bicyclic) bond motifs is 1. The summed E-state index contributed by atoms with van der Waals surface area (Å²) in [6.07, 6.45) is 0.129. The van der Waals surface area contributed by atoms with Gasteiger partial charge in [-0.3, -0.25) is 4.68 Å². The highest BCUT2D eigenvalue weighted by molar-refractivity contribution is 5.24. The van der Waals surface area contributed by atoms with E-state index in [2.05, 4.69) is 5.10 Å². The van der Waals surface area contributed by atoms with Gasteiger partial charge in [-0.1, -0.05) is 6.92 Å². The lowest BCUT2D eigenvalue weighted by Crippen LogP contribution is -2.21. The molecule has 1 unspecified atom stereocenters. The Morgan fingerprint density at radius 3 is 2.93 bits per heavy atom. The van der Waals surface area contributed by atoms with Gasteiger partial charge in [0.25, 0.3) is 0 Å². The third kappa shape index (κ3) is 2.16. The van der Waals surface area contributed by atoms with Crippen LogP contribution in [0.2, 0.25) is 0 Å².